The van der Waals surface area contributed by atoms with Gasteiger partial charge >= 0.3 is 0 Å². The van der Waals surface area contributed by atoms with Crippen LogP contribution in [0.3, 0.4) is 0 Å². The van der Waals surface area contributed by atoms with Crippen LogP contribution < -0.4 is 0 Å². The number of amides is 1. The molecule has 0 bridgehead atoms. The third-order valence-electron chi connectivity index (χ3n) is 4.30. The maximum atomic E-state index is 12.7. The van der Waals surface area contributed by atoms with E-state index < -0.39 is 0 Å². The van der Waals surface area contributed by atoms with E-state index in [0.717, 1.165) is 29.5 Å². The molecule has 4 rings (SSSR count). The van der Waals surface area contributed by atoms with Gasteiger partial charge in [0.2, 0.25) is 0 Å². The number of hydrogen-bond donors (Lipinski definition) is 0. The maximum absolute atomic E-state index is 12.7. The molecule has 0 N–H and O–H groups in total. The Labute approximate surface area is 129 Å². The van der Waals surface area contributed by atoms with Crippen molar-refractivity contribution in [2.45, 2.75) is 19.9 Å². The van der Waals surface area contributed by atoms with Crippen molar-refractivity contribution >= 4 is 16.9 Å². The average molecular weight is 291 g/mol. The van der Waals surface area contributed by atoms with Crippen LogP contribution in [-0.2, 0) is 13.0 Å². The fourth-order valence-corrected chi connectivity index (χ4v) is 3.07. The van der Waals surface area contributed by atoms with Crippen LogP contribution in [0.1, 0.15) is 27.2 Å². The number of aryl methyl sites for hydroxylation is 1. The zero-order chi connectivity index (χ0) is 15.1. The second-order valence-corrected chi connectivity index (χ2v) is 5.90. The Hall–Kier alpha value is -2.55. The summed E-state index contributed by atoms with van der Waals surface area (Å²) in [4.78, 5) is 14.6. The largest absolute Gasteiger partial charge is 0.451 e. The fourth-order valence-electron chi connectivity index (χ4n) is 3.07. The minimum absolute atomic E-state index is 0.0247. The van der Waals surface area contributed by atoms with E-state index in [1.165, 1.54) is 11.1 Å². The molecule has 1 aliphatic heterocycles. The molecule has 3 aromatic rings. The van der Waals surface area contributed by atoms with Crippen LogP contribution in [0.15, 0.2) is 52.9 Å². The summed E-state index contributed by atoms with van der Waals surface area (Å²) >= 11 is 0. The molecule has 0 saturated heterocycles. The fraction of sp³-hybridized carbons (Fsp3) is 0.211. The monoisotopic (exact) mass is 291 g/mol. The van der Waals surface area contributed by atoms with Crippen LogP contribution >= 0.6 is 0 Å². The SMILES string of the molecule is Cc1ccc2cc(C(=O)N3CCc4ccccc4C3)oc2c1. The molecule has 110 valence electrons. The number of nitrogens with zero attached hydrogens (tertiary/aromatic N) is 1. The van der Waals surface area contributed by atoms with Gasteiger partial charge in [0.15, 0.2) is 5.76 Å². The van der Waals surface area contributed by atoms with Crippen molar-refractivity contribution in [3.63, 3.8) is 0 Å². The van der Waals surface area contributed by atoms with Gasteiger partial charge in [0.1, 0.15) is 5.58 Å². The second-order valence-electron chi connectivity index (χ2n) is 5.90. The van der Waals surface area contributed by atoms with Gasteiger partial charge in [-0.1, -0.05) is 36.4 Å². The summed E-state index contributed by atoms with van der Waals surface area (Å²) in [6.07, 6.45) is 0.904. The zero-order valence-corrected chi connectivity index (χ0v) is 12.5. The minimum Gasteiger partial charge on any atom is -0.451 e. The molecular formula is C19H17NO2. The third kappa shape index (κ3) is 2.19. The molecule has 1 amide bonds. The highest BCUT2D eigenvalue weighted by Crippen LogP contribution is 2.24. The summed E-state index contributed by atoms with van der Waals surface area (Å²) in [7, 11) is 0. The molecule has 0 spiro atoms. The van der Waals surface area contributed by atoms with Gasteiger partial charge in [-0.25, -0.2) is 0 Å². The van der Waals surface area contributed by atoms with Gasteiger partial charge < -0.3 is 9.32 Å². The molecule has 0 fully saturated rings. The summed E-state index contributed by atoms with van der Waals surface area (Å²) < 4.78 is 5.76. The summed E-state index contributed by atoms with van der Waals surface area (Å²) in [5, 5.41) is 0.978. The second kappa shape index (κ2) is 5.02. The van der Waals surface area contributed by atoms with Gasteiger partial charge in [-0.3, -0.25) is 4.79 Å². The highest BCUT2D eigenvalue weighted by atomic mass is 16.3. The molecule has 22 heavy (non-hydrogen) atoms. The molecule has 1 aromatic heterocycles. The number of benzene rings is 2. The molecule has 0 atom stereocenters. The quantitative estimate of drug-likeness (QED) is 0.680. The van der Waals surface area contributed by atoms with Crippen molar-refractivity contribution in [2.75, 3.05) is 6.54 Å². The molecule has 3 heteroatoms. The molecule has 2 heterocycles. The minimum atomic E-state index is -0.0247. The lowest BCUT2D eigenvalue weighted by molar-refractivity contribution is 0.0705. The Morgan fingerprint density at radius 2 is 1.91 bits per heavy atom. The summed E-state index contributed by atoms with van der Waals surface area (Å²) in [6, 6.07) is 16.2. The lowest BCUT2D eigenvalue weighted by atomic mass is 10.00. The molecule has 0 radical (unpaired) electrons. The number of carbonyl (C=O) groups is 1. The molecule has 0 unspecified atom stereocenters. The van der Waals surface area contributed by atoms with E-state index in [9.17, 15) is 4.79 Å². The van der Waals surface area contributed by atoms with Gasteiger partial charge in [-0.05, 0) is 42.2 Å². The highest BCUT2D eigenvalue weighted by molar-refractivity contribution is 5.96. The van der Waals surface area contributed by atoms with Gasteiger partial charge in [-0.2, -0.15) is 0 Å². The van der Waals surface area contributed by atoms with Crippen molar-refractivity contribution in [3.8, 4) is 0 Å². The summed E-state index contributed by atoms with van der Waals surface area (Å²) in [5.41, 5.74) is 4.48. The number of furan rings is 1. The standard InChI is InChI=1S/C19H17NO2/c1-13-6-7-15-11-18(22-17(15)10-13)19(21)20-9-8-14-4-2-3-5-16(14)12-20/h2-7,10-11H,8-9,12H2,1H3. The summed E-state index contributed by atoms with van der Waals surface area (Å²) in [5.74, 6) is 0.406. The van der Waals surface area contributed by atoms with E-state index in [1.54, 1.807) is 0 Å². The topological polar surface area (TPSA) is 33.5 Å². The van der Waals surface area contributed by atoms with Crippen LogP contribution in [0.2, 0.25) is 0 Å². The number of hydrogen-bond acceptors (Lipinski definition) is 2. The van der Waals surface area contributed by atoms with Gasteiger partial charge in [-0.15, -0.1) is 0 Å². The lowest BCUT2D eigenvalue weighted by Crippen LogP contribution is -2.35. The molecule has 1 aliphatic rings. The predicted octanol–water partition coefficient (Wildman–Crippen LogP) is 3.94. The normalized spacial score (nSPS) is 14.1. The molecule has 2 aromatic carbocycles. The molecule has 0 saturated carbocycles. The Kier molecular flexibility index (Phi) is 3.00. The van der Waals surface area contributed by atoms with Crippen LogP contribution in [-0.4, -0.2) is 17.4 Å². The van der Waals surface area contributed by atoms with Crippen LogP contribution in [0, 0.1) is 6.92 Å². The van der Waals surface area contributed by atoms with Gasteiger partial charge in [0.05, 0.1) is 0 Å². The first-order chi connectivity index (χ1) is 10.7. The van der Waals surface area contributed by atoms with Crippen LogP contribution in [0.5, 0.6) is 0 Å². The van der Waals surface area contributed by atoms with E-state index in [-0.39, 0.29) is 5.91 Å². The van der Waals surface area contributed by atoms with Crippen molar-refractivity contribution < 1.29 is 9.21 Å². The first kappa shape index (κ1) is 13.1. The maximum Gasteiger partial charge on any atom is 0.289 e. The first-order valence-electron chi connectivity index (χ1n) is 7.57. The van der Waals surface area contributed by atoms with E-state index in [0.29, 0.717) is 12.3 Å². The zero-order valence-electron chi connectivity index (χ0n) is 12.5. The average Bonchev–Trinajstić information content (AvgIpc) is 2.96. The van der Waals surface area contributed by atoms with E-state index in [2.05, 4.69) is 18.2 Å². The molecule has 3 nitrogen and oxygen atoms in total. The van der Waals surface area contributed by atoms with Crippen molar-refractivity contribution in [2.24, 2.45) is 0 Å². The van der Waals surface area contributed by atoms with Crippen molar-refractivity contribution in [1.29, 1.82) is 0 Å². The van der Waals surface area contributed by atoms with E-state index >= 15 is 0 Å². The lowest BCUT2D eigenvalue weighted by Gasteiger charge is -2.28. The first-order valence-corrected chi connectivity index (χ1v) is 7.57. The number of rotatable bonds is 1. The van der Waals surface area contributed by atoms with Crippen LogP contribution in [0.25, 0.3) is 11.0 Å². The highest BCUT2D eigenvalue weighted by Gasteiger charge is 2.24. The Morgan fingerprint density at radius 1 is 1.09 bits per heavy atom. The number of carbonyl (C=O) groups excluding carboxylic acids is 1. The Balaban J connectivity index is 1.64. The Morgan fingerprint density at radius 3 is 2.77 bits per heavy atom. The molecular weight excluding hydrogens is 274 g/mol. The predicted molar refractivity (Wildman–Crippen MR) is 85.8 cm³/mol. The van der Waals surface area contributed by atoms with Gasteiger partial charge in [0, 0.05) is 18.5 Å². The number of fused-ring (bicyclic) bond motifs is 2. The molecule has 0 aliphatic carbocycles. The summed E-state index contributed by atoms with van der Waals surface area (Å²) in [6.45, 7) is 3.42. The van der Waals surface area contributed by atoms with Crippen molar-refractivity contribution in [3.05, 3.63) is 71.0 Å². The third-order valence-corrected chi connectivity index (χ3v) is 4.30. The van der Waals surface area contributed by atoms with Crippen LogP contribution in [0.4, 0.5) is 0 Å². The van der Waals surface area contributed by atoms with Gasteiger partial charge in [0.25, 0.3) is 5.91 Å². The van der Waals surface area contributed by atoms with E-state index in [1.807, 2.05) is 42.2 Å². The van der Waals surface area contributed by atoms with Crippen molar-refractivity contribution in [1.82, 2.24) is 4.90 Å². The Bertz CT molecular complexity index is 863. The van der Waals surface area contributed by atoms with E-state index in [4.69, 9.17) is 4.42 Å². The smallest absolute Gasteiger partial charge is 0.289 e.